The zero-order valence-corrected chi connectivity index (χ0v) is 28.2. The minimum atomic E-state index is -1.09. The first-order chi connectivity index (χ1) is 22.1. The average Bonchev–Trinajstić information content (AvgIpc) is 3.01. The normalized spacial score (nSPS) is 28.6. The van der Waals surface area contributed by atoms with Crippen LogP contribution in [0, 0.1) is 11.8 Å². The molecule has 11 heteroatoms. The number of carboxylic acids is 3. The number of aliphatic carboxylic acids is 3. The van der Waals surface area contributed by atoms with Crippen molar-refractivity contribution >= 4 is 23.9 Å². The van der Waals surface area contributed by atoms with Gasteiger partial charge >= 0.3 is 23.9 Å². The number of carbonyl (C=O) groups is 4. The molecule has 0 radical (unpaired) electrons. The fraction of sp³-hybridized carbons (Fsp3) is 0.611. The van der Waals surface area contributed by atoms with E-state index < -0.39 is 47.5 Å². The highest BCUT2D eigenvalue weighted by molar-refractivity contribution is 5.81. The third-order valence-electron chi connectivity index (χ3n) is 8.78. The molecule has 0 aromatic heterocycles. The molecule has 0 saturated carbocycles. The molecular formula is C36H52O11. The van der Waals surface area contributed by atoms with Gasteiger partial charge in [-0.25, -0.2) is 9.59 Å². The van der Waals surface area contributed by atoms with Gasteiger partial charge in [0.05, 0.1) is 25.0 Å². The van der Waals surface area contributed by atoms with Crippen LogP contribution in [-0.4, -0.2) is 74.0 Å². The van der Waals surface area contributed by atoms with Crippen molar-refractivity contribution in [1.29, 1.82) is 0 Å². The van der Waals surface area contributed by atoms with Gasteiger partial charge in [0, 0.05) is 30.9 Å². The van der Waals surface area contributed by atoms with Crippen LogP contribution in [0.1, 0.15) is 98.8 Å². The number of hydrogen-bond acceptors (Lipinski definition) is 8. The molecule has 2 heterocycles. The van der Waals surface area contributed by atoms with E-state index in [9.17, 15) is 29.4 Å². The molecule has 2 aliphatic rings. The first-order valence-corrected chi connectivity index (χ1v) is 16.4. The van der Waals surface area contributed by atoms with Crippen LogP contribution in [0.25, 0.3) is 0 Å². The van der Waals surface area contributed by atoms with E-state index in [1.165, 1.54) is 6.08 Å². The minimum Gasteiger partial charge on any atom is -0.481 e. The van der Waals surface area contributed by atoms with Crippen LogP contribution < -0.4 is 0 Å². The Morgan fingerprint density at radius 2 is 1.66 bits per heavy atom. The molecule has 2 fully saturated rings. The summed E-state index contributed by atoms with van der Waals surface area (Å²) in [6, 6.07) is 0. The second-order valence-electron chi connectivity index (χ2n) is 12.8. The lowest BCUT2D eigenvalue weighted by Crippen LogP contribution is -2.59. The Morgan fingerprint density at radius 1 is 0.936 bits per heavy atom. The lowest BCUT2D eigenvalue weighted by molar-refractivity contribution is -0.344. The topological polar surface area (TPSA) is 177 Å². The van der Waals surface area contributed by atoms with E-state index in [1.54, 1.807) is 38.2 Å². The summed E-state index contributed by atoms with van der Waals surface area (Å²) in [4.78, 5) is 46.0. The molecule has 0 bridgehead atoms. The fourth-order valence-electron chi connectivity index (χ4n) is 5.81. The Kier molecular flexibility index (Phi) is 15.8. The van der Waals surface area contributed by atoms with Crippen molar-refractivity contribution in [2.45, 2.75) is 129 Å². The van der Waals surface area contributed by atoms with Gasteiger partial charge in [0.25, 0.3) is 0 Å². The van der Waals surface area contributed by atoms with Crippen LogP contribution in [0.2, 0.25) is 0 Å². The lowest BCUT2D eigenvalue weighted by Gasteiger charge is -2.53. The molecule has 0 aliphatic carbocycles. The summed E-state index contributed by atoms with van der Waals surface area (Å²) >= 11 is 0. The molecule has 0 aromatic carbocycles. The van der Waals surface area contributed by atoms with Crippen molar-refractivity contribution in [3.8, 4) is 0 Å². The molecule has 2 rings (SSSR count). The lowest BCUT2D eigenvalue weighted by atomic mass is 9.78. The number of esters is 1. The number of carbonyl (C=O) groups excluding carboxylic acids is 1. The maximum atomic E-state index is 12.9. The summed E-state index contributed by atoms with van der Waals surface area (Å²) in [5.41, 5.74) is 0.314. The van der Waals surface area contributed by atoms with Gasteiger partial charge in [0.1, 0.15) is 11.7 Å². The zero-order valence-electron chi connectivity index (χ0n) is 28.2. The number of hydrogen-bond donors (Lipinski definition) is 4. The van der Waals surface area contributed by atoms with Gasteiger partial charge in [-0.05, 0) is 57.4 Å². The number of aliphatic hydroxyl groups is 1. The van der Waals surface area contributed by atoms with Crippen LogP contribution >= 0.6 is 0 Å². The second-order valence-corrected chi connectivity index (χ2v) is 12.8. The highest BCUT2D eigenvalue weighted by Crippen LogP contribution is 2.48. The van der Waals surface area contributed by atoms with Gasteiger partial charge in [-0.1, -0.05) is 69.2 Å². The molecule has 262 valence electrons. The summed E-state index contributed by atoms with van der Waals surface area (Å²) in [6.07, 6.45) is 14.9. The third-order valence-corrected chi connectivity index (χ3v) is 8.78. The molecule has 11 nitrogen and oxygen atoms in total. The van der Waals surface area contributed by atoms with Crippen molar-refractivity contribution in [1.82, 2.24) is 0 Å². The molecule has 7 atom stereocenters. The third kappa shape index (κ3) is 13.2. The first-order valence-electron chi connectivity index (χ1n) is 16.4. The quantitative estimate of drug-likeness (QED) is 0.0802. The van der Waals surface area contributed by atoms with Gasteiger partial charge < -0.3 is 34.6 Å². The van der Waals surface area contributed by atoms with E-state index >= 15 is 0 Å². The van der Waals surface area contributed by atoms with Gasteiger partial charge in [-0.2, -0.15) is 0 Å². The van der Waals surface area contributed by atoms with E-state index in [2.05, 4.69) is 6.92 Å². The molecule has 0 aromatic rings. The Morgan fingerprint density at radius 3 is 2.30 bits per heavy atom. The molecule has 2 aliphatic heterocycles. The fourth-order valence-corrected chi connectivity index (χ4v) is 5.81. The molecule has 1 spiro atoms. The summed E-state index contributed by atoms with van der Waals surface area (Å²) in [5, 5.41) is 37.5. The summed E-state index contributed by atoms with van der Waals surface area (Å²) in [7, 11) is 0. The second kappa shape index (κ2) is 18.7. The number of allylic oxidation sites excluding steroid dienone is 4. The molecule has 2 saturated heterocycles. The molecule has 47 heavy (non-hydrogen) atoms. The maximum Gasteiger partial charge on any atom is 0.328 e. The van der Waals surface area contributed by atoms with Crippen LogP contribution in [0.5, 0.6) is 0 Å². The largest absolute Gasteiger partial charge is 0.481 e. The Hall–Kier alpha value is -3.54. The van der Waals surface area contributed by atoms with Gasteiger partial charge in [-0.3, -0.25) is 9.59 Å². The number of rotatable bonds is 17. The van der Waals surface area contributed by atoms with Gasteiger partial charge in [0.15, 0.2) is 5.79 Å². The van der Waals surface area contributed by atoms with E-state index in [4.69, 9.17) is 24.4 Å². The molecule has 4 N–H and O–H groups in total. The first kappa shape index (κ1) is 39.6. The van der Waals surface area contributed by atoms with Crippen LogP contribution in [0.3, 0.4) is 0 Å². The predicted molar refractivity (Wildman–Crippen MR) is 175 cm³/mol. The summed E-state index contributed by atoms with van der Waals surface area (Å²) in [5.74, 6) is -4.98. The standard InChI is InChI=1S/C36H52O11/c1-6-7-19-35(47-34(44)17-16-32(40)41)21-22-36(46-30(35)14-10-25(3)23-33(42)43)20-18-27(5)29(45-36)13-9-24(2)8-12-28(37)26(4)11-15-31(38)39/h8-12,14-15,23,26-30,37H,6-7,13,16-22H2,1-5H3,(H,38,39)(H,40,41)(H,42,43)/b12-8+,14-10+,15-11+,24-9+,25-23+/t26-,27+,28+,29+,30-,35+,36+/m1/s1. The Bertz CT molecular complexity index is 1250. The van der Waals surface area contributed by atoms with Crippen molar-refractivity contribution in [3.05, 3.63) is 59.8 Å². The van der Waals surface area contributed by atoms with Crippen LogP contribution in [0.4, 0.5) is 0 Å². The smallest absolute Gasteiger partial charge is 0.328 e. The van der Waals surface area contributed by atoms with E-state index in [0.29, 0.717) is 37.7 Å². The molecule has 0 amide bonds. The monoisotopic (exact) mass is 660 g/mol. The Labute approximate surface area is 277 Å². The minimum absolute atomic E-state index is 0.186. The number of ether oxygens (including phenoxy) is 3. The summed E-state index contributed by atoms with van der Waals surface area (Å²) < 4.78 is 19.5. The number of carboxylic acid groups (broad SMARTS) is 3. The Balaban J connectivity index is 2.31. The number of aliphatic hydroxyl groups excluding tert-OH is 1. The molecule has 0 unspecified atom stereocenters. The highest BCUT2D eigenvalue weighted by atomic mass is 16.7. The maximum absolute atomic E-state index is 12.9. The average molecular weight is 661 g/mol. The van der Waals surface area contributed by atoms with Crippen molar-refractivity contribution in [2.24, 2.45) is 11.8 Å². The number of unbranched alkanes of at least 4 members (excludes halogenated alkanes) is 1. The van der Waals surface area contributed by atoms with Crippen molar-refractivity contribution in [3.63, 3.8) is 0 Å². The van der Waals surface area contributed by atoms with E-state index in [1.807, 2.05) is 19.9 Å². The van der Waals surface area contributed by atoms with E-state index in [-0.39, 0.29) is 30.8 Å². The van der Waals surface area contributed by atoms with Crippen LogP contribution in [-0.2, 0) is 33.4 Å². The highest BCUT2D eigenvalue weighted by Gasteiger charge is 2.54. The zero-order chi connectivity index (χ0) is 35.2. The van der Waals surface area contributed by atoms with Gasteiger partial charge in [0.2, 0.25) is 0 Å². The van der Waals surface area contributed by atoms with Crippen molar-refractivity contribution < 1.29 is 53.8 Å². The van der Waals surface area contributed by atoms with Crippen LogP contribution in [0.15, 0.2) is 59.8 Å². The summed E-state index contributed by atoms with van der Waals surface area (Å²) in [6.45, 7) is 9.44. The molecular weight excluding hydrogens is 608 g/mol. The SMILES string of the molecule is CCCC[C@]1(OC(=O)CCC(=O)O)CC[C@]2(CC[C@H](C)[C@H](C/C=C(C)/C=C/[C@H](O)[C@H](C)/C=C/C(=O)O)O2)O[C@@H]1/C=C/C(C)=C/C(=O)O. The van der Waals surface area contributed by atoms with Gasteiger partial charge in [-0.15, -0.1) is 0 Å². The predicted octanol–water partition coefficient (Wildman–Crippen LogP) is 6.13. The van der Waals surface area contributed by atoms with Crippen molar-refractivity contribution in [2.75, 3.05) is 0 Å². The van der Waals surface area contributed by atoms with E-state index in [0.717, 1.165) is 37.0 Å².